The Bertz CT molecular complexity index is 413. The van der Waals surface area contributed by atoms with E-state index in [4.69, 9.17) is 0 Å². The molecule has 2 nitrogen and oxygen atoms in total. The zero-order valence-electron chi connectivity index (χ0n) is 11.2. The summed E-state index contributed by atoms with van der Waals surface area (Å²) in [5, 5.41) is 10.0. The molecule has 2 aliphatic carbocycles. The molecule has 0 heterocycles. The van der Waals surface area contributed by atoms with Crippen LogP contribution in [0, 0.1) is 11.3 Å². The van der Waals surface area contributed by atoms with Crippen molar-refractivity contribution in [3.63, 3.8) is 0 Å². The molecule has 0 bridgehead atoms. The maximum Gasteiger partial charge on any atom is 0.181 e. The first-order chi connectivity index (χ1) is 7.86. The molecule has 17 heavy (non-hydrogen) atoms. The lowest BCUT2D eigenvalue weighted by Gasteiger charge is -2.47. The summed E-state index contributed by atoms with van der Waals surface area (Å²) in [6.45, 7) is 8.30. The summed E-state index contributed by atoms with van der Waals surface area (Å²) in [5.41, 5.74) is 3.26. The summed E-state index contributed by atoms with van der Waals surface area (Å²) in [6, 6.07) is 0. The van der Waals surface area contributed by atoms with E-state index in [2.05, 4.69) is 13.8 Å². The molecule has 94 valence electrons. The monoisotopic (exact) mass is 234 g/mol. The van der Waals surface area contributed by atoms with E-state index in [9.17, 15) is 9.90 Å². The Morgan fingerprint density at radius 3 is 2.71 bits per heavy atom. The summed E-state index contributed by atoms with van der Waals surface area (Å²) in [5.74, 6) is 0.408. The summed E-state index contributed by atoms with van der Waals surface area (Å²) >= 11 is 0. The number of aliphatic hydroxyl groups is 1. The third-order valence-corrected chi connectivity index (χ3v) is 4.78. The molecule has 2 heteroatoms. The van der Waals surface area contributed by atoms with Crippen molar-refractivity contribution in [2.24, 2.45) is 11.3 Å². The lowest BCUT2D eigenvalue weighted by Crippen LogP contribution is -2.43. The zero-order chi connectivity index (χ0) is 12.8. The number of hydrogen-bond acceptors (Lipinski definition) is 2. The molecule has 0 spiro atoms. The highest BCUT2D eigenvalue weighted by atomic mass is 16.3. The highest BCUT2D eigenvalue weighted by molar-refractivity contribution is 6.06. The molecule has 2 aliphatic rings. The molecule has 2 rings (SSSR count). The van der Waals surface area contributed by atoms with E-state index >= 15 is 0 Å². The molecule has 0 aromatic rings. The number of hydrogen-bond donors (Lipinski definition) is 1. The van der Waals surface area contributed by atoms with E-state index in [0.717, 1.165) is 30.4 Å². The third kappa shape index (κ3) is 1.89. The lowest BCUT2D eigenvalue weighted by atomic mass is 9.58. The minimum Gasteiger partial charge on any atom is -0.393 e. The van der Waals surface area contributed by atoms with E-state index in [-0.39, 0.29) is 23.2 Å². The zero-order valence-corrected chi connectivity index (χ0v) is 11.2. The van der Waals surface area contributed by atoms with Gasteiger partial charge < -0.3 is 5.11 Å². The molecule has 3 atom stereocenters. The van der Waals surface area contributed by atoms with Crippen molar-refractivity contribution in [3.05, 3.63) is 22.8 Å². The molecule has 1 N–H and O–H groups in total. The predicted octanol–water partition coefficient (Wildman–Crippen LogP) is 3.02. The first-order valence-electron chi connectivity index (χ1n) is 6.46. The molecule has 0 amide bonds. The van der Waals surface area contributed by atoms with E-state index in [1.807, 2.05) is 19.9 Å². The molecule has 1 fully saturated rings. The van der Waals surface area contributed by atoms with Crippen molar-refractivity contribution in [3.8, 4) is 0 Å². The standard InChI is InChI=1S/C15H22O2/c1-9(2)12-8-15(4)10(3)13(16)6-5-11(15)7-14(12)17/h7,10,13,16H,5-6,8H2,1-4H3/t10-,13?,15+/m0/s1. The van der Waals surface area contributed by atoms with E-state index < -0.39 is 0 Å². The molecule has 0 aromatic heterocycles. The Kier molecular flexibility index (Phi) is 3.03. The van der Waals surface area contributed by atoms with Crippen LogP contribution in [0.15, 0.2) is 22.8 Å². The van der Waals surface area contributed by atoms with Gasteiger partial charge in [0.05, 0.1) is 6.10 Å². The number of ketones is 1. The van der Waals surface area contributed by atoms with Gasteiger partial charge in [-0.3, -0.25) is 4.79 Å². The maximum absolute atomic E-state index is 12.0. The molecule has 0 saturated heterocycles. The quantitative estimate of drug-likeness (QED) is 0.654. The number of allylic oxidation sites excluding steroid dienone is 4. The van der Waals surface area contributed by atoms with Crippen molar-refractivity contribution < 1.29 is 9.90 Å². The fourth-order valence-corrected chi connectivity index (χ4v) is 3.19. The van der Waals surface area contributed by atoms with Crippen LogP contribution in [0.3, 0.4) is 0 Å². The van der Waals surface area contributed by atoms with Gasteiger partial charge in [0.25, 0.3) is 0 Å². The lowest BCUT2D eigenvalue weighted by molar-refractivity contribution is -0.112. The minimum atomic E-state index is -0.233. The van der Waals surface area contributed by atoms with Gasteiger partial charge in [0, 0.05) is 0 Å². The number of aliphatic hydroxyl groups excluding tert-OH is 1. The Balaban J connectivity index is 2.47. The molecule has 0 aromatic carbocycles. The molecule has 1 saturated carbocycles. The first kappa shape index (κ1) is 12.6. The largest absolute Gasteiger partial charge is 0.393 e. The van der Waals surface area contributed by atoms with Crippen LogP contribution in [0.25, 0.3) is 0 Å². The Hall–Kier alpha value is -0.890. The SMILES string of the molecule is CC(C)=C1C[C@@]2(C)C(=CC1=O)CCC(O)[C@@H]2C. The van der Waals surface area contributed by atoms with Gasteiger partial charge in [-0.05, 0) is 56.1 Å². The van der Waals surface area contributed by atoms with Gasteiger partial charge >= 0.3 is 0 Å². The summed E-state index contributed by atoms with van der Waals surface area (Å²) in [4.78, 5) is 12.0. The van der Waals surface area contributed by atoms with Gasteiger partial charge in [-0.2, -0.15) is 0 Å². The Labute approximate surface area is 103 Å². The van der Waals surface area contributed by atoms with Gasteiger partial charge in [0.15, 0.2) is 5.78 Å². The van der Waals surface area contributed by atoms with Crippen molar-refractivity contribution in [2.45, 2.75) is 53.1 Å². The van der Waals surface area contributed by atoms with Crippen LogP contribution < -0.4 is 0 Å². The van der Waals surface area contributed by atoms with Crippen LogP contribution in [0.2, 0.25) is 0 Å². The van der Waals surface area contributed by atoms with Gasteiger partial charge in [-0.25, -0.2) is 0 Å². The van der Waals surface area contributed by atoms with Crippen molar-refractivity contribution in [2.75, 3.05) is 0 Å². The molecule has 0 aliphatic heterocycles. The van der Waals surface area contributed by atoms with E-state index in [0.29, 0.717) is 0 Å². The second-order valence-electron chi connectivity index (χ2n) is 6.00. The number of rotatable bonds is 0. The fraction of sp³-hybridized carbons (Fsp3) is 0.667. The maximum atomic E-state index is 12.0. The van der Waals surface area contributed by atoms with Gasteiger partial charge in [0.1, 0.15) is 0 Å². The van der Waals surface area contributed by atoms with Crippen LogP contribution in [-0.4, -0.2) is 17.0 Å². The Morgan fingerprint density at radius 1 is 1.47 bits per heavy atom. The van der Waals surface area contributed by atoms with Gasteiger partial charge in [0.2, 0.25) is 0 Å². The third-order valence-electron chi connectivity index (χ3n) is 4.78. The highest BCUT2D eigenvalue weighted by Gasteiger charge is 2.45. The summed E-state index contributed by atoms with van der Waals surface area (Å²) in [6.07, 6.45) is 4.04. The first-order valence-corrected chi connectivity index (χ1v) is 6.46. The average Bonchev–Trinajstić information content (AvgIpc) is 2.26. The van der Waals surface area contributed by atoms with Crippen LogP contribution in [0.1, 0.15) is 47.0 Å². The number of fused-ring (bicyclic) bond motifs is 1. The second-order valence-corrected chi connectivity index (χ2v) is 6.00. The van der Waals surface area contributed by atoms with Crippen LogP contribution >= 0.6 is 0 Å². The Morgan fingerprint density at radius 2 is 2.12 bits per heavy atom. The van der Waals surface area contributed by atoms with Crippen molar-refractivity contribution >= 4 is 5.78 Å². The molecular weight excluding hydrogens is 212 g/mol. The summed E-state index contributed by atoms with van der Waals surface area (Å²) in [7, 11) is 0. The normalized spacial score (nSPS) is 37.6. The predicted molar refractivity (Wildman–Crippen MR) is 68.6 cm³/mol. The minimum absolute atomic E-state index is 0.0296. The molecule has 0 radical (unpaired) electrons. The van der Waals surface area contributed by atoms with Crippen LogP contribution in [0.4, 0.5) is 0 Å². The van der Waals surface area contributed by atoms with Gasteiger partial charge in [-0.15, -0.1) is 0 Å². The molecule has 1 unspecified atom stereocenters. The second kappa shape index (κ2) is 4.09. The molecular formula is C15H22O2. The number of carbonyl (C=O) groups is 1. The van der Waals surface area contributed by atoms with Crippen LogP contribution in [-0.2, 0) is 4.79 Å². The van der Waals surface area contributed by atoms with E-state index in [1.165, 1.54) is 5.57 Å². The van der Waals surface area contributed by atoms with Crippen LogP contribution in [0.5, 0.6) is 0 Å². The average molecular weight is 234 g/mol. The fourth-order valence-electron chi connectivity index (χ4n) is 3.19. The smallest absolute Gasteiger partial charge is 0.181 e. The van der Waals surface area contributed by atoms with E-state index in [1.54, 1.807) is 0 Å². The van der Waals surface area contributed by atoms with Crippen molar-refractivity contribution in [1.29, 1.82) is 0 Å². The summed E-state index contributed by atoms with van der Waals surface area (Å²) < 4.78 is 0. The highest BCUT2D eigenvalue weighted by Crippen LogP contribution is 2.51. The number of carbonyl (C=O) groups excluding carboxylic acids is 1. The van der Waals surface area contributed by atoms with Gasteiger partial charge in [-0.1, -0.05) is 25.0 Å². The topological polar surface area (TPSA) is 37.3 Å². The van der Waals surface area contributed by atoms with Crippen molar-refractivity contribution in [1.82, 2.24) is 0 Å².